The molecular weight excluding hydrogens is 370 g/mol. The van der Waals surface area contributed by atoms with Gasteiger partial charge in [-0.15, -0.1) is 0 Å². The van der Waals surface area contributed by atoms with E-state index < -0.39 is 36.2 Å². The average molecular weight is 397 g/mol. The zero-order valence-electron chi connectivity index (χ0n) is 16.7. The molecule has 1 N–H and O–H groups in total. The number of nitrogens with zero attached hydrogens (tertiary/aromatic N) is 1. The SMILES string of the molecule is C[C@H](C(=O)N1C(=O)O[C@H](c2ccccc2)[C@@H]1C)[C@H](O)CCOCc1ccccc1. The first kappa shape index (κ1) is 21.0. The summed E-state index contributed by atoms with van der Waals surface area (Å²) in [4.78, 5) is 26.3. The van der Waals surface area contributed by atoms with Crippen LogP contribution in [0.1, 0.15) is 37.5 Å². The van der Waals surface area contributed by atoms with Crippen molar-refractivity contribution in [3.05, 3.63) is 71.8 Å². The molecule has 0 aliphatic carbocycles. The summed E-state index contributed by atoms with van der Waals surface area (Å²) in [5, 5.41) is 10.4. The lowest BCUT2D eigenvalue weighted by molar-refractivity contribution is -0.136. The van der Waals surface area contributed by atoms with Gasteiger partial charge in [-0.05, 0) is 24.5 Å². The van der Waals surface area contributed by atoms with Gasteiger partial charge < -0.3 is 14.6 Å². The number of cyclic esters (lactones) is 1. The van der Waals surface area contributed by atoms with Crippen molar-refractivity contribution >= 4 is 12.0 Å². The third-order valence-corrected chi connectivity index (χ3v) is 5.27. The highest BCUT2D eigenvalue weighted by atomic mass is 16.6. The summed E-state index contributed by atoms with van der Waals surface area (Å²) in [6, 6.07) is 18.6. The molecule has 0 unspecified atom stereocenters. The van der Waals surface area contributed by atoms with Crippen molar-refractivity contribution in [3.8, 4) is 0 Å². The molecule has 1 aliphatic rings. The molecule has 2 aromatic rings. The minimum Gasteiger partial charge on any atom is -0.439 e. The fourth-order valence-electron chi connectivity index (χ4n) is 3.45. The van der Waals surface area contributed by atoms with Crippen LogP contribution in [0.2, 0.25) is 0 Å². The fraction of sp³-hybridized carbons (Fsp3) is 0.391. The Bertz CT molecular complexity index is 811. The predicted octanol–water partition coefficient (Wildman–Crippen LogP) is 3.70. The maximum Gasteiger partial charge on any atom is 0.417 e. The summed E-state index contributed by atoms with van der Waals surface area (Å²) in [5.74, 6) is -1.17. The molecule has 1 saturated heterocycles. The largest absolute Gasteiger partial charge is 0.439 e. The van der Waals surface area contributed by atoms with Gasteiger partial charge in [-0.2, -0.15) is 0 Å². The van der Waals surface area contributed by atoms with Crippen LogP contribution < -0.4 is 0 Å². The van der Waals surface area contributed by atoms with Crippen LogP contribution in [0.4, 0.5) is 4.79 Å². The number of hydrogen-bond donors (Lipinski definition) is 1. The summed E-state index contributed by atoms with van der Waals surface area (Å²) < 4.78 is 11.0. The summed E-state index contributed by atoms with van der Waals surface area (Å²) >= 11 is 0. The number of benzene rings is 2. The highest BCUT2D eigenvalue weighted by Crippen LogP contribution is 2.33. The van der Waals surface area contributed by atoms with E-state index in [2.05, 4.69) is 0 Å². The van der Waals surface area contributed by atoms with Gasteiger partial charge in [0.1, 0.15) is 6.10 Å². The number of hydrogen-bond acceptors (Lipinski definition) is 5. The van der Waals surface area contributed by atoms with Crippen LogP contribution in [0.5, 0.6) is 0 Å². The zero-order valence-corrected chi connectivity index (χ0v) is 16.7. The van der Waals surface area contributed by atoms with Gasteiger partial charge in [-0.3, -0.25) is 4.79 Å². The van der Waals surface area contributed by atoms with Crippen molar-refractivity contribution in [2.45, 2.75) is 45.1 Å². The number of imide groups is 1. The molecule has 29 heavy (non-hydrogen) atoms. The number of amides is 2. The van der Waals surface area contributed by atoms with Gasteiger partial charge in [-0.1, -0.05) is 67.6 Å². The molecule has 1 aliphatic heterocycles. The molecule has 2 amide bonds. The molecule has 4 atom stereocenters. The fourth-order valence-corrected chi connectivity index (χ4v) is 3.45. The van der Waals surface area contributed by atoms with Crippen molar-refractivity contribution in [2.75, 3.05) is 6.61 Å². The maximum absolute atomic E-state index is 12.9. The van der Waals surface area contributed by atoms with Gasteiger partial charge in [0.15, 0.2) is 0 Å². The van der Waals surface area contributed by atoms with Crippen molar-refractivity contribution < 1.29 is 24.2 Å². The Hall–Kier alpha value is -2.70. The van der Waals surface area contributed by atoms with E-state index in [1.165, 1.54) is 0 Å². The van der Waals surface area contributed by atoms with E-state index in [4.69, 9.17) is 9.47 Å². The minimum absolute atomic E-state index is 0.305. The first-order valence-corrected chi connectivity index (χ1v) is 9.87. The van der Waals surface area contributed by atoms with E-state index in [9.17, 15) is 14.7 Å². The molecule has 6 heteroatoms. The monoisotopic (exact) mass is 397 g/mol. The third-order valence-electron chi connectivity index (χ3n) is 5.27. The second-order valence-corrected chi connectivity index (χ2v) is 7.35. The lowest BCUT2D eigenvalue weighted by Gasteiger charge is -2.25. The Morgan fingerprint density at radius 1 is 1.14 bits per heavy atom. The van der Waals surface area contributed by atoms with Crippen LogP contribution in [0, 0.1) is 5.92 Å². The maximum atomic E-state index is 12.9. The Balaban J connectivity index is 1.52. The second-order valence-electron chi connectivity index (χ2n) is 7.35. The van der Waals surface area contributed by atoms with Crippen LogP contribution in [-0.2, 0) is 20.9 Å². The van der Waals surface area contributed by atoms with Crippen molar-refractivity contribution in [1.82, 2.24) is 4.90 Å². The van der Waals surface area contributed by atoms with Crippen LogP contribution in [0.15, 0.2) is 60.7 Å². The average Bonchev–Trinajstić information content (AvgIpc) is 3.05. The molecule has 6 nitrogen and oxygen atoms in total. The van der Waals surface area contributed by atoms with E-state index in [1.807, 2.05) is 60.7 Å². The number of aliphatic hydroxyl groups is 1. The lowest BCUT2D eigenvalue weighted by Crippen LogP contribution is -2.44. The van der Waals surface area contributed by atoms with E-state index in [1.54, 1.807) is 13.8 Å². The Labute approximate surface area is 171 Å². The summed E-state index contributed by atoms with van der Waals surface area (Å²) in [7, 11) is 0. The van der Waals surface area contributed by atoms with Gasteiger partial charge in [0.05, 0.1) is 24.7 Å². The van der Waals surface area contributed by atoms with Gasteiger partial charge in [0.2, 0.25) is 5.91 Å². The molecule has 1 fully saturated rings. The number of carbonyl (C=O) groups is 2. The summed E-state index contributed by atoms with van der Waals surface area (Å²) in [6.07, 6.45) is -1.78. The van der Waals surface area contributed by atoms with Crippen LogP contribution in [0.25, 0.3) is 0 Å². The molecule has 1 heterocycles. The molecule has 0 bridgehead atoms. The lowest BCUT2D eigenvalue weighted by atomic mass is 9.98. The third kappa shape index (κ3) is 5.02. The predicted molar refractivity (Wildman–Crippen MR) is 108 cm³/mol. The molecule has 2 aromatic carbocycles. The van der Waals surface area contributed by atoms with Gasteiger partial charge in [0.25, 0.3) is 0 Å². The molecule has 0 aromatic heterocycles. The first-order valence-electron chi connectivity index (χ1n) is 9.87. The molecule has 154 valence electrons. The molecule has 3 rings (SSSR count). The topological polar surface area (TPSA) is 76.1 Å². The Morgan fingerprint density at radius 3 is 2.41 bits per heavy atom. The zero-order chi connectivity index (χ0) is 20.8. The van der Waals surface area contributed by atoms with E-state index in [0.29, 0.717) is 19.6 Å². The van der Waals surface area contributed by atoms with Gasteiger partial charge in [0, 0.05) is 6.61 Å². The Morgan fingerprint density at radius 2 is 1.76 bits per heavy atom. The number of aliphatic hydroxyl groups excluding tert-OH is 1. The van der Waals surface area contributed by atoms with Crippen LogP contribution >= 0.6 is 0 Å². The molecule has 0 saturated carbocycles. The van der Waals surface area contributed by atoms with E-state index >= 15 is 0 Å². The highest BCUT2D eigenvalue weighted by molar-refractivity contribution is 5.95. The number of ether oxygens (including phenoxy) is 2. The Kier molecular flexibility index (Phi) is 7.01. The highest BCUT2D eigenvalue weighted by Gasteiger charge is 2.45. The summed E-state index contributed by atoms with van der Waals surface area (Å²) in [6.45, 7) is 4.17. The number of rotatable bonds is 8. The second kappa shape index (κ2) is 9.67. The van der Waals surface area contributed by atoms with Crippen LogP contribution in [-0.4, -0.2) is 40.8 Å². The first-order chi connectivity index (χ1) is 14.0. The van der Waals surface area contributed by atoms with E-state index in [0.717, 1.165) is 16.0 Å². The van der Waals surface area contributed by atoms with Crippen molar-refractivity contribution in [3.63, 3.8) is 0 Å². The molecule has 0 spiro atoms. The smallest absolute Gasteiger partial charge is 0.417 e. The molecular formula is C23H27NO5. The van der Waals surface area contributed by atoms with Gasteiger partial charge >= 0.3 is 6.09 Å². The summed E-state index contributed by atoms with van der Waals surface area (Å²) in [5.41, 5.74) is 1.89. The minimum atomic E-state index is -0.908. The van der Waals surface area contributed by atoms with E-state index in [-0.39, 0.29) is 0 Å². The van der Waals surface area contributed by atoms with Crippen LogP contribution in [0.3, 0.4) is 0 Å². The normalized spacial score (nSPS) is 20.9. The van der Waals surface area contributed by atoms with Crippen molar-refractivity contribution in [2.24, 2.45) is 5.92 Å². The molecule has 0 radical (unpaired) electrons. The quantitative estimate of drug-likeness (QED) is 0.688. The van der Waals surface area contributed by atoms with Gasteiger partial charge in [-0.25, -0.2) is 9.69 Å². The van der Waals surface area contributed by atoms with Crippen molar-refractivity contribution in [1.29, 1.82) is 0 Å². The number of carbonyl (C=O) groups excluding carboxylic acids is 2. The standard InChI is InChI=1S/C23H27NO5/c1-16(20(25)13-14-28-15-18-9-5-3-6-10-18)22(26)24-17(2)21(29-23(24)27)19-11-7-4-8-12-19/h3-12,16-17,20-21,25H,13-15H2,1-2H3/t16-,17-,20+,21-/m0/s1.